The van der Waals surface area contributed by atoms with Crippen molar-refractivity contribution < 1.29 is 24.2 Å². The molecular weight excluding hydrogens is 300 g/mol. The maximum absolute atomic E-state index is 11.6. The Morgan fingerprint density at radius 2 is 2.09 bits per heavy atom. The van der Waals surface area contributed by atoms with Crippen LogP contribution in [-0.2, 0) is 9.53 Å². The Labute approximate surface area is 134 Å². The summed E-state index contributed by atoms with van der Waals surface area (Å²) in [5.41, 5.74) is -0.291. The minimum absolute atomic E-state index is 0.00163. The van der Waals surface area contributed by atoms with Crippen molar-refractivity contribution in [2.75, 3.05) is 6.61 Å². The van der Waals surface area contributed by atoms with Gasteiger partial charge in [-0.1, -0.05) is 6.07 Å². The van der Waals surface area contributed by atoms with E-state index in [0.29, 0.717) is 11.3 Å². The van der Waals surface area contributed by atoms with Gasteiger partial charge in [-0.3, -0.25) is 0 Å². The number of alkyl carbamates (subject to hydrolysis) is 1. The van der Waals surface area contributed by atoms with E-state index in [9.17, 15) is 14.7 Å². The van der Waals surface area contributed by atoms with Crippen molar-refractivity contribution in [3.05, 3.63) is 29.8 Å². The maximum atomic E-state index is 11.6. The average molecular weight is 319 g/mol. The summed E-state index contributed by atoms with van der Waals surface area (Å²) in [6, 6.07) is 7.21. The van der Waals surface area contributed by atoms with Gasteiger partial charge in [-0.15, -0.1) is 0 Å². The first-order valence-corrected chi connectivity index (χ1v) is 7.04. The van der Waals surface area contributed by atoms with E-state index in [1.807, 2.05) is 6.07 Å². The molecule has 0 spiro atoms. The third kappa shape index (κ3) is 7.18. The molecule has 0 aliphatic carbocycles. The number of hydrogen-bond acceptors (Lipinski definition) is 6. The molecule has 1 atom stereocenters. The number of carbonyl (C=O) groups is 2. The van der Waals surface area contributed by atoms with E-state index in [1.165, 1.54) is 6.07 Å². The van der Waals surface area contributed by atoms with Gasteiger partial charge in [0.2, 0.25) is 0 Å². The normalized spacial score (nSPS) is 11.9. The summed E-state index contributed by atoms with van der Waals surface area (Å²) in [6.45, 7) is 5.05. The van der Waals surface area contributed by atoms with Gasteiger partial charge < -0.3 is 24.7 Å². The Hall–Kier alpha value is -2.75. The zero-order valence-corrected chi connectivity index (χ0v) is 13.3. The monoisotopic (exact) mass is 319 g/mol. The molecule has 0 saturated carbocycles. The second kappa shape index (κ2) is 8.03. The number of carboxylic acids is 1. The number of nitriles is 1. The van der Waals surface area contributed by atoms with Crippen molar-refractivity contribution in [2.24, 2.45) is 0 Å². The highest BCUT2D eigenvalue weighted by atomic mass is 16.6. The molecule has 0 saturated heterocycles. The number of benzene rings is 1. The molecule has 7 nitrogen and oxygen atoms in total. The quantitative estimate of drug-likeness (QED) is 0.836. The fraction of sp³-hybridized carbons (Fsp3) is 0.438. The second-order valence-corrected chi connectivity index (χ2v) is 5.79. The third-order valence-corrected chi connectivity index (χ3v) is 2.61. The number of nitrogens with one attached hydrogen (secondary N) is 1. The largest absolute Gasteiger partial charge is 0.548 e. The molecule has 0 aliphatic rings. The van der Waals surface area contributed by atoms with Crippen LogP contribution in [0.3, 0.4) is 0 Å². The molecule has 1 N–H and O–H groups in total. The summed E-state index contributed by atoms with van der Waals surface area (Å²) in [7, 11) is 0. The molecule has 124 valence electrons. The van der Waals surface area contributed by atoms with E-state index in [0.717, 1.165) is 0 Å². The Balaban J connectivity index is 2.52. The minimum Gasteiger partial charge on any atom is -0.548 e. The fourth-order valence-corrected chi connectivity index (χ4v) is 1.65. The first-order valence-electron chi connectivity index (χ1n) is 7.04. The highest BCUT2D eigenvalue weighted by Crippen LogP contribution is 2.13. The Bertz CT molecular complexity index is 601. The van der Waals surface area contributed by atoms with Crippen LogP contribution >= 0.6 is 0 Å². The third-order valence-electron chi connectivity index (χ3n) is 2.61. The summed E-state index contributed by atoms with van der Waals surface area (Å²) in [4.78, 5) is 22.7. The molecule has 0 aliphatic heterocycles. The topological polar surface area (TPSA) is 111 Å². The highest BCUT2D eigenvalue weighted by molar-refractivity contribution is 5.78. The summed E-state index contributed by atoms with van der Waals surface area (Å²) >= 11 is 0. The predicted molar refractivity (Wildman–Crippen MR) is 79.4 cm³/mol. The summed E-state index contributed by atoms with van der Waals surface area (Å²) in [5.74, 6) is -0.983. The first-order chi connectivity index (χ1) is 10.7. The van der Waals surface area contributed by atoms with Gasteiger partial charge in [-0.05, 0) is 39.0 Å². The van der Waals surface area contributed by atoms with Crippen molar-refractivity contribution in [1.82, 2.24) is 5.32 Å². The Morgan fingerprint density at radius 3 is 2.65 bits per heavy atom. The molecule has 0 fully saturated rings. The number of ether oxygens (including phenoxy) is 2. The number of carbonyl (C=O) groups excluding carboxylic acids is 2. The van der Waals surface area contributed by atoms with Gasteiger partial charge in [0.15, 0.2) is 0 Å². The van der Waals surface area contributed by atoms with Crippen LogP contribution in [0.5, 0.6) is 5.75 Å². The van der Waals surface area contributed by atoms with Crippen LogP contribution in [0, 0.1) is 11.3 Å². The SMILES string of the molecule is CC(C)(C)OC(=O)NC(CCOc1cccc(C#N)c1)C(=O)[O-]. The van der Waals surface area contributed by atoms with Crippen LogP contribution in [0.4, 0.5) is 4.79 Å². The summed E-state index contributed by atoms with van der Waals surface area (Å²) < 4.78 is 10.4. The van der Waals surface area contributed by atoms with Crippen LogP contribution < -0.4 is 15.2 Å². The molecule has 0 radical (unpaired) electrons. The van der Waals surface area contributed by atoms with Gasteiger partial charge in [-0.2, -0.15) is 5.26 Å². The standard InChI is InChI=1S/C16H20N2O5/c1-16(2,3)23-15(21)18-13(14(19)20)7-8-22-12-6-4-5-11(9-12)10-17/h4-6,9,13H,7-8H2,1-3H3,(H,18,21)(H,19,20)/p-1. The Morgan fingerprint density at radius 1 is 1.39 bits per heavy atom. The molecule has 1 aromatic carbocycles. The van der Waals surface area contributed by atoms with E-state index in [2.05, 4.69) is 5.32 Å². The average Bonchev–Trinajstić information content (AvgIpc) is 2.44. The number of carboxylic acid groups (broad SMARTS) is 1. The predicted octanol–water partition coefficient (Wildman–Crippen LogP) is 0.970. The number of rotatable bonds is 6. The van der Waals surface area contributed by atoms with Crippen LogP contribution in [0.2, 0.25) is 0 Å². The van der Waals surface area contributed by atoms with Crippen molar-refractivity contribution >= 4 is 12.1 Å². The fourth-order valence-electron chi connectivity index (χ4n) is 1.65. The van der Waals surface area contributed by atoms with Gasteiger partial charge in [0.05, 0.1) is 30.3 Å². The number of amides is 1. The van der Waals surface area contributed by atoms with Crippen molar-refractivity contribution in [3.63, 3.8) is 0 Å². The van der Waals surface area contributed by atoms with E-state index >= 15 is 0 Å². The lowest BCUT2D eigenvalue weighted by molar-refractivity contribution is -0.308. The first kappa shape index (κ1) is 18.3. The van der Waals surface area contributed by atoms with Crippen LogP contribution in [0.25, 0.3) is 0 Å². The molecule has 7 heteroatoms. The van der Waals surface area contributed by atoms with E-state index in [1.54, 1.807) is 39.0 Å². The zero-order chi connectivity index (χ0) is 17.5. The molecular formula is C16H19N2O5-. The smallest absolute Gasteiger partial charge is 0.408 e. The molecule has 1 rings (SSSR count). The zero-order valence-electron chi connectivity index (χ0n) is 13.3. The lowest BCUT2D eigenvalue weighted by Crippen LogP contribution is -2.49. The Kier molecular flexibility index (Phi) is 6.39. The summed E-state index contributed by atoms with van der Waals surface area (Å²) in [6.07, 6.45) is -0.837. The molecule has 0 heterocycles. The van der Waals surface area contributed by atoms with Gasteiger partial charge >= 0.3 is 6.09 Å². The van der Waals surface area contributed by atoms with Crippen molar-refractivity contribution in [1.29, 1.82) is 5.26 Å². The molecule has 1 aromatic rings. The van der Waals surface area contributed by atoms with Gasteiger partial charge in [0, 0.05) is 6.42 Å². The van der Waals surface area contributed by atoms with Gasteiger partial charge in [0.25, 0.3) is 0 Å². The molecule has 0 bridgehead atoms. The maximum Gasteiger partial charge on any atom is 0.408 e. The van der Waals surface area contributed by atoms with Crippen molar-refractivity contribution in [2.45, 2.75) is 38.8 Å². The van der Waals surface area contributed by atoms with Crippen molar-refractivity contribution in [3.8, 4) is 11.8 Å². The minimum atomic E-state index is -1.43. The molecule has 23 heavy (non-hydrogen) atoms. The van der Waals surface area contributed by atoms with Crippen LogP contribution in [0.1, 0.15) is 32.8 Å². The van der Waals surface area contributed by atoms with Gasteiger partial charge in [0.1, 0.15) is 11.4 Å². The molecule has 1 unspecified atom stereocenters. The summed E-state index contributed by atoms with van der Waals surface area (Å²) in [5, 5.41) is 22.1. The molecule has 1 amide bonds. The second-order valence-electron chi connectivity index (χ2n) is 5.79. The van der Waals surface area contributed by atoms with E-state index in [4.69, 9.17) is 14.7 Å². The highest BCUT2D eigenvalue weighted by Gasteiger charge is 2.20. The van der Waals surface area contributed by atoms with Crippen LogP contribution in [-0.4, -0.2) is 30.3 Å². The van der Waals surface area contributed by atoms with Gasteiger partial charge in [-0.25, -0.2) is 4.79 Å². The number of hydrogen-bond donors (Lipinski definition) is 1. The van der Waals surface area contributed by atoms with E-state index in [-0.39, 0.29) is 13.0 Å². The molecule has 0 aromatic heterocycles. The lowest BCUT2D eigenvalue weighted by Gasteiger charge is -2.24. The van der Waals surface area contributed by atoms with E-state index < -0.39 is 23.7 Å². The van der Waals surface area contributed by atoms with Crippen LogP contribution in [0.15, 0.2) is 24.3 Å². The number of aliphatic carboxylic acids is 1. The number of nitrogens with zero attached hydrogens (tertiary/aromatic N) is 1. The lowest BCUT2D eigenvalue weighted by atomic mass is 10.2.